The van der Waals surface area contributed by atoms with Crippen LogP contribution in [0.15, 0.2) is 24.3 Å². The molecule has 0 aromatic heterocycles. The van der Waals surface area contributed by atoms with Gasteiger partial charge in [-0.2, -0.15) is 0 Å². The average Bonchev–Trinajstić information content (AvgIpc) is 2.88. The van der Waals surface area contributed by atoms with E-state index in [0.717, 1.165) is 0 Å². The number of nitrogens with one attached hydrogen (secondary N) is 1. The lowest BCUT2D eigenvalue weighted by Crippen LogP contribution is -2.26. The highest BCUT2D eigenvalue weighted by Gasteiger charge is 2.35. The summed E-state index contributed by atoms with van der Waals surface area (Å²) in [5, 5.41) is 2.75. The molecule has 21 heavy (non-hydrogen) atoms. The van der Waals surface area contributed by atoms with Gasteiger partial charge in [-0.05, 0) is 18.2 Å². The summed E-state index contributed by atoms with van der Waals surface area (Å²) in [6, 6.07) is 7.03. The monoisotopic (exact) mass is 290 g/mol. The van der Waals surface area contributed by atoms with Gasteiger partial charge in [0.15, 0.2) is 0 Å². The van der Waals surface area contributed by atoms with E-state index in [1.165, 1.54) is 7.11 Å². The smallest absolute Gasteiger partial charge is 0.311 e. The Labute approximate surface area is 123 Å². The minimum Gasteiger partial charge on any atom is -0.469 e. The summed E-state index contributed by atoms with van der Waals surface area (Å²) in [7, 11) is 1.32. The van der Waals surface area contributed by atoms with Crippen molar-refractivity contribution in [1.29, 1.82) is 0 Å². The maximum absolute atomic E-state index is 12.0. The van der Waals surface area contributed by atoms with Gasteiger partial charge in [0.2, 0.25) is 11.8 Å². The zero-order chi connectivity index (χ0) is 15.4. The fourth-order valence-electron chi connectivity index (χ4n) is 2.28. The minimum atomic E-state index is -0.434. The van der Waals surface area contributed by atoms with Crippen LogP contribution >= 0.6 is 0 Å². The van der Waals surface area contributed by atoms with Crippen LogP contribution in [0, 0.1) is 5.92 Å². The Bertz CT molecular complexity index is 571. The van der Waals surface area contributed by atoms with E-state index in [4.69, 9.17) is 0 Å². The molecule has 112 valence electrons. The summed E-state index contributed by atoms with van der Waals surface area (Å²) in [6.45, 7) is 2.07. The van der Waals surface area contributed by atoms with Crippen molar-refractivity contribution >= 4 is 29.2 Å². The molecule has 1 aromatic rings. The number of methoxy groups -OCH3 is 1. The number of rotatable bonds is 4. The molecule has 6 nitrogen and oxygen atoms in total. The molecule has 1 N–H and O–H groups in total. The molecule has 0 spiro atoms. The number of hydrogen-bond donors (Lipinski definition) is 1. The molecule has 0 aliphatic carbocycles. The second-order valence-electron chi connectivity index (χ2n) is 4.88. The second-order valence-corrected chi connectivity index (χ2v) is 4.88. The number of ether oxygens (including phenoxy) is 1. The molecule has 1 saturated heterocycles. The molecule has 2 rings (SSSR count). The Kier molecular flexibility index (Phi) is 4.57. The van der Waals surface area contributed by atoms with Crippen LogP contribution in [0.2, 0.25) is 0 Å². The van der Waals surface area contributed by atoms with Crippen LogP contribution in [0.4, 0.5) is 11.4 Å². The van der Waals surface area contributed by atoms with E-state index in [0.29, 0.717) is 24.3 Å². The van der Waals surface area contributed by atoms with Crippen molar-refractivity contribution in [2.45, 2.75) is 19.8 Å². The maximum Gasteiger partial charge on any atom is 0.311 e. The van der Waals surface area contributed by atoms with Crippen LogP contribution in [-0.2, 0) is 19.1 Å². The molecule has 1 heterocycles. The van der Waals surface area contributed by atoms with E-state index in [2.05, 4.69) is 10.1 Å². The van der Waals surface area contributed by atoms with Crippen LogP contribution in [0.25, 0.3) is 0 Å². The largest absolute Gasteiger partial charge is 0.469 e. The molecule has 1 aliphatic heterocycles. The van der Waals surface area contributed by atoms with Crippen molar-refractivity contribution < 1.29 is 19.1 Å². The molecule has 6 heteroatoms. The molecular weight excluding hydrogens is 272 g/mol. The molecule has 0 radical (unpaired) electrons. The predicted octanol–water partition coefficient (Wildman–Crippen LogP) is 1.56. The minimum absolute atomic E-state index is 0.0904. The van der Waals surface area contributed by atoms with Crippen LogP contribution in [0.3, 0.4) is 0 Å². The summed E-state index contributed by atoms with van der Waals surface area (Å²) in [6.07, 6.45) is 0.537. The van der Waals surface area contributed by atoms with Gasteiger partial charge in [-0.15, -0.1) is 0 Å². The van der Waals surface area contributed by atoms with E-state index >= 15 is 0 Å². The molecule has 2 amide bonds. The Morgan fingerprint density at radius 3 is 2.86 bits per heavy atom. The van der Waals surface area contributed by atoms with Crippen LogP contribution in [0.1, 0.15) is 19.8 Å². The number of carbonyl (C=O) groups excluding carboxylic acids is 3. The Morgan fingerprint density at radius 1 is 1.43 bits per heavy atom. The fourth-order valence-corrected chi connectivity index (χ4v) is 2.28. The van der Waals surface area contributed by atoms with E-state index < -0.39 is 5.92 Å². The molecule has 0 unspecified atom stereocenters. The third-order valence-corrected chi connectivity index (χ3v) is 3.42. The standard InChI is InChI=1S/C15H18N2O4/c1-3-13(18)16-11-5-4-6-12(8-11)17-9-10(7-14(17)19)15(20)21-2/h4-6,8,10H,3,7,9H2,1-2H3,(H,16,18)/t10-/m0/s1. The summed E-state index contributed by atoms with van der Waals surface area (Å²) in [4.78, 5) is 36.5. The van der Waals surface area contributed by atoms with Gasteiger partial charge in [0.1, 0.15) is 0 Å². The Balaban J connectivity index is 2.15. The summed E-state index contributed by atoms with van der Waals surface area (Å²) >= 11 is 0. The van der Waals surface area contributed by atoms with E-state index in [1.807, 2.05) is 0 Å². The fraction of sp³-hybridized carbons (Fsp3) is 0.400. The van der Waals surface area contributed by atoms with Gasteiger partial charge in [0.05, 0.1) is 13.0 Å². The van der Waals surface area contributed by atoms with Crippen molar-refractivity contribution in [3.05, 3.63) is 24.3 Å². The first-order valence-corrected chi connectivity index (χ1v) is 6.83. The van der Waals surface area contributed by atoms with Crippen molar-refractivity contribution in [3.63, 3.8) is 0 Å². The van der Waals surface area contributed by atoms with Crippen LogP contribution < -0.4 is 10.2 Å². The molecule has 0 bridgehead atoms. The molecule has 0 saturated carbocycles. The van der Waals surface area contributed by atoms with Gasteiger partial charge >= 0.3 is 5.97 Å². The van der Waals surface area contributed by atoms with Gasteiger partial charge in [-0.25, -0.2) is 0 Å². The van der Waals surface area contributed by atoms with E-state index in [1.54, 1.807) is 36.1 Å². The van der Waals surface area contributed by atoms with E-state index in [9.17, 15) is 14.4 Å². The molecular formula is C15H18N2O4. The van der Waals surface area contributed by atoms with E-state index in [-0.39, 0.29) is 24.2 Å². The zero-order valence-electron chi connectivity index (χ0n) is 12.1. The SMILES string of the molecule is CCC(=O)Nc1cccc(N2C[C@@H](C(=O)OC)CC2=O)c1. The summed E-state index contributed by atoms with van der Waals surface area (Å²) in [5.74, 6) is -1.02. The molecule has 1 fully saturated rings. The lowest BCUT2D eigenvalue weighted by molar-refractivity contribution is -0.145. The summed E-state index contributed by atoms with van der Waals surface area (Å²) < 4.78 is 4.68. The molecule has 1 atom stereocenters. The zero-order valence-corrected chi connectivity index (χ0v) is 12.1. The third kappa shape index (κ3) is 3.39. The first kappa shape index (κ1) is 15.0. The number of amides is 2. The Morgan fingerprint density at radius 2 is 2.19 bits per heavy atom. The number of nitrogens with zero attached hydrogens (tertiary/aromatic N) is 1. The van der Waals surface area contributed by atoms with Gasteiger partial charge in [0, 0.05) is 30.8 Å². The van der Waals surface area contributed by atoms with Gasteiger partial charge in [0.25, 0.3) is 0 Å². The quantitative estimate of drug-likeness (QED) is 0.854. The number of anilines is 2. The predicted molar refractivity (Wildman–Crippen MR) is 77.8 cm³/mol. The van der Waals surface area contributed by atoms with Crippen molar-refractivity contribution in [2.24, 2.45) is 5.92 Å². The lowest BCUT2D eigenvalue weighted by atomic mass is 10.1. The second kappa shape index (κ2) is 6.39. The maximum atomic E-state index is 12.0. The number of carbonyl (C=O) groups is 3. The topological polar surface area (TPSA) is 75.7 Å². The van der Waals surface area contributed by atoms with Gasteiger partial charge < -0.3 is 15.0 Å². The molecule has 1 aromatic carbocycles. The van der Waals surface area contributed by atoms with Crippen LogP contribution in [-0.4, -0.2) is 31.4 Å². The Hall–Kier alpha value is -2.37. The van der Waals surface area contributed by atoms with Crippen molar-refractivity contribution in [1.82, 2.24) is 0 Å². The number of hydrogen-bond acceptors (Lipinski definition) is 4. The lowest BCUT2D eigenvalue weighted by Gasteiger charge is -2.17. The first-order chi connectivity index (χ1) is 10.0. The molecule has 1 aliphatic rings. The van der Waals surface area contributed by atoms with Crippen molar-refractivity contribution in [3.8, 4) is 0 Å². The number of benzene rings is 1. The van der Waals surface area contributed by atoms with Crippen molar-refractivity contribution in [2.75, 3.05) is 23.9 Å². The highest BCUT2D eigenvalue weighted by molar-refractivity contribution is 6.00. The normalized spacial score (nSPS) is 17.7. The summed E-state index contributed by atoms with van der Waals surface area (Å²) in [5.41, 5.74) is 1.30. The van der Waals surface area contributed by atoms with Gasteiger partial charge in [-0.1, -0.05) is 13.0 Å². The highest BCUT2D eigenvalue weighted by atomic mass is 16.5. The third-order valence-electron chi connectivity index (χ3n) is 3.42. The average molecular weight is 290 g/mol. The van der Waals surface area contributed by atoms with Crippen LogP contribution in [0.5, 0.6) is 0 Å². The highest BCUT2D eigenvalue weighted by Crippen LogP contribution is 2.27. The van der Waals surface area contributed by atoms with Gasteiger partial charge in [-0.3, -0.25) is 14.4 Å². The first-order valence-electron chi connectivity index (χ1n) is 6.83. The number of esters is 1.